The van der Waals surface area contributed by atoms with Gasteiger partial charge in [0.15, 0.2) is 0 Å². The molecule has 0 aliphatic carbocycles. The first-order chi connectivity index (χ1) is 8.90. The van der Waals surface area contributed by atoms with Gasteiger partial charge in [0.25, 0.3) is 0 Å². The molecule has 0 atom stereocenters. The SMILES string of the molecule is CC(C)N(CCC(=O)O)C(=O)Nc1ccc(Br)cc1. The lowest BCUT2D eigenvalue weighted by Crippen LogP contribution is -2.41. The maximum absolute atomic E-state index is 12.1. The molecule has 0 aliphatic rings. The summed E-state index contributed by atoms with van der Waals surface area (Å²) in [7, 11) is 0. The first-order valence-corrected chi connectivity index (χ1v) is 6.74. The highest BCUT2D eigenvalue weighted by atomic mass is 79.9. The Bertz CT molecular complexity index is 446. The number of hydrogen-bond donors (Lipinski definition) is 2. The van der Waals surface area contributed by atoms with Gasteiger partial charge in [-0.25, -0.2) is 4.79 Å². The number of nitrogens with zero attached hydrogens (tertiary/aromatic N) is 1. The van der Waals surface area contributed by atoms with Crippen molar-refractivity contribution < 1.29 is 14.7 Å². The highest BCUT2D eigenvalue weighted by Gasteiger charge is 2.17. The fourth-order valence-electron chi connectivity index (χ4n) is 1.54. The number of carboxylic acids is 1. The van der Waals surface area contributed by atoms with Crippen molar-refractivity contribution in [1.82, 2.24) is 4.90 Å². The molecule has 0 unspecified atom stereocenters. The maximum Gasteiger partial charge on any atom is 0.322 e. The summed E-state index contributed by atoms with van der Waals surface area (Å²) < 4.78 is 0.928. The van der Waals surface area contributed by atoms with E-state index in [0.29, 0.717) is 5.69 Å². The number of carbonyl (C=O) groups is 2. The third-order valence-corrected chi connectivity index (χ3v) is 3.07. The Morgan fingerprint density at radius 1 is 1.32 bits per heavy atom. The largest absolute Gasteiger partial charge is 0.481 e. The number of benzene rings is 1. The molecule has 0 aromatic heterocycles. The average Bonchev–Trinajstić information content (AvgIpc) is 2.31. The number of aliphatic carboxylic acids is 1. The van der Waals surface area contributed by atoms with Gasteiger partial charge in [-0.2, -0.15) is 0 Å². The molecule has 5 nitrogen and oxygen atoms in total. The summed E-state index contributed by atoms with van der Waals surface area (Å²) in [6.45, 7) is 3.89. The summed E-state index contributed by atoms with van der Waals surface area (Å²) in [5.41, 5.74) is 0.675. The summed E-state index contributed by atoms with van der Waals surface area (Å²) >= 11 is 3.32. The fourth-order valence-corrected chi connectivity index (χ4v) is 1.80. The van der Waals surface area contributed by atoms with Crippen LogP contribution >= 0.6 is 15.9 Å². The predicted molar refractivity (Wildman–Crippen MR) is 77.3 cm³/mol. The molecule has 0 saturated heterocycles. The maximum atomic E-state index is 12.1. The van der Waals surface area contributed by atoms with Crippen LogP contribution in [0.25, 0.3) is 0 Å². The van der Waals surface area contributed by atoms with Crippen LogP contribution < -0.4 is 5.32 Å². The molecule has 2 amide bonds. The Morgan fingerprint density at radius 2 is 1.89 bits per heavy atom. The Kier molecular flexibility index (Phi) is 5.82. The van der Waals surface area contributed by atoms with Gasteiger partial charge >= 0.3 is 12.0 Å². The third kappa shape index (κ3) is 5.30. The zero-order valence-corrected chi connectivity index (χ0v) is 12.5. The van der Waals surface area contributed by atoms with Crippen molar-refractivity contribution in [2.24, 2.45) is 0 Å². The second-order valence-electron chi connectivity index (χ2n) is 4.37. The predicted octanol–water partition coefficient (Wildman–Crippen LogP) is 3.17. The van der Waals surface area contributed by atoms with Crippen LogP contribution in [0.5, 0.6) is 0 Å². The van der Waals surface area contributed by atoms with E-state index < -0.39 is 5.97 Å². The van der Waals surface area contributed by atoms with Gasteiger partial charge in [-0.3, -0.25) is 4.79 Å². The van der Waals surface area contributed by atoms with Crippen LogP contribution in [0.15, 0.2) is 28.7 Å². The molecule has 0 bridgehead atoms. The minimum Gasteiger partial charge on any atom is -0.481 e. The van der Waals surface area contributed by atoms with Gasteiger partial charge in [0.2, 0.25) is 0 Å². The lowest BCUT2D eigenvalue weighted by atomic mass is 10.3. The number of carbonyl (C=O) groups excluding carboxylic acids is 1. The molecule has 0 fully saturated rings. The molecule has 0 radical (unpaired) electrons. The second kappa shape index (κ2) is 7.13. The molecule has 1 aromatic rings. The van der Waals surface area contributed by atoms with E-state index in [0.717, 1.165) is 4.47 Å². The quantitative estimate of drug-likeness (QED) is 0.872. The van der Waals surface area contributed by atoms with Gasteiger partial charge in [0.05, 0.1) is 6.42 Å². The minimum atomic E-state index is -0.915. The van der Waals surface area contributed by atoms with Crippen LogP contribution in [0.4, 0.5) is 10.5 Å². The molecule has 2 N–H and O–H groups in total. The van der Waals surface area contributed by atoms with E-state index in [-0.39, 0.29) is 25.0 Å². The summed E-state index contributed by atoms with van der Waals surface area (Å²) in [5.74, 6) is -0.915. The van der Waals surface area contributed by atoms with Crippen LogP contribution in [-0.2, 0) is 4.79 Å². The molecule has 19 heavy (non-hydrogen) atoms. The lowest BCUT2D eigenvalue weighted by molar-refractivity contribution is -0.137. The van der Waals surface area contributed by atoms with E-state index in [9.17, 15) is 9.59 Å². The number of carboxylic acid groups (broad SMARTS) is 1. The van der Waals surface area contributed by atoms with E-state index in [4.69, 9.17) is 5.11 Å². The van der Waals surface area contributed by atoms with Crippen molar-refractivity contribution in [1.29, 1.82) is 0 Å². The van der Waals surface area contributed by atoms with E-state index in [1.54, 1.807) is 12.1 Å². The smallest absolute Gasteiger partial charge is 0.322 e. The van der Waals surface area contributed by atoms with Gasteiger partial charge in [0, 0.05) is 22.7 Å². The van der Waals surface area contributed by atoms with Crippen molar-refractivity contribution >= 4 is 33.6 Å². The number of nitrogens with one attached hydrogen (secondary N) is 1. The molecule has 1 aromatic carbocycles. The topological polar surface area (TPSA) is 69.6 Å². The van der Waals surface area contributed by atoms with E-state index in [2.05, 4.69) is 21.2 Å². The second-order valence-corrected chi connectivity index (χ2v) is 5.28. The van der Waals surface area contributed by atoms with Crippen LogP contribution in [0.3, 0.4) is 0 Å². The van der Waals surface area contributed by atoms with Gasteiger partial charge < -0.3 is 15.3 Å². The van der Waals surface area contributed by atoms with E-state index in [1.807, 2.05) is 26.0 Å². The fraction of sp³-hybridized carbons (Fsp3) is 0.385. The first kappa shape index (κ1) is 15.5. The summed E-state index contributed by atoms with van der Waals surface area (Å²) in [5, 5.41) is 11.4. The molecule has 0 saturated carbocycles. The highest BCUT2D eigenvalue weighted by Crippen LogP contribution is 2.15. The average molecular weight is 329 g/mol. The van der Waals surface area contributed by atoms with Crippen molar-refractivity contribution in [2.75, 3.05) is 11.9 Å². The highest BCUT2D eigenvalue weighted by molar-refractivity contribution is 9.10. The minimum absolute atomic E-state index is 0.0604. The Hall–Kier alpha value is -1.56. The van der Waals surface area contributed by atoms with Crippen LogP contribution in [0.2, 0.25) is 0 Å². The van der Waals surface area contributed by atoms with Gasteiger partial charge in [0.1, 0.15) is 0 Å². The Labute approximate surface area is 120 Å². The van der Waals surface area contributed by atoms with Crippen LogP contribution in [-0.4, -0.2) is 34.6 Å². The Morgan fingerprint density at radius 3 is 2.37 bits per heavy atom. The van der Waals surface area contributed by atoms with E-state index in [1.165, 1.54) is 4.90 Å². The number of urea groups is 1. The van der Waals surface area contributed by atoms with Crippen molar-refractivity contribution in [3.63, 3.8) is 0 Å². The summed E-state index contributed by atoms with van der Waals surface area (Å²) in [4.78, 5) is 24.1. The van der Waals surface area contributed by atoms with Gasteiger partial charge in [-0.1, -0.05) is 15.9 Å². The van der Waals surface area contributed by atoms with Crippen molar-refractivity contribution in [3.8, 4) is 0 Å². The van der Waals surface area contributed by atoms with Crippen LogP contribution in [0, 0.1) is 0 Å². The van der Waals surface area contributed by atoms with Crippen LogP contribution in [0.1, 0.15) is 20.3 Å². The molecule has 6 heteroatoms. The standard InChI is InChI=1S/C13H17BrN2O3/c1-9(2)16(8-7-12(17)18)13(19)15-11-5-3-10(14)4-6-11/h3-6,9H,7-8H2,1-2H3,(H,15,19)(H,17,18). The number of rotatable bonds is 5. The number of amides is 2. The number of anilines is 1. The lowest BCUT2D eigenvalue weighted by Gasteiger charge is -2.26. The molecule has 1 rings (SSSR count). The molecule has 104 valence electrons. The van der Waals surface area contributed by atoms with Gasteiger partial charge in [-0.15, -0.1) is 0 Å². The zero-order chi connectivity index (χ0) is 14.4. The van der Waals surface area contributed by atoms with Crippen molar-refractivity contribution in [3.05, 3.63) is 28.7 Å². The molecule has 0 heterocycles. The summed E-state index contributed by atoms with van der Waals surface area (Å²) in [6, 6.07) is 6.85. The summed E-state index contributed by atoms with van der Waals surface area (Å²) in [6.07, 6.45) is -0.0636. The van der Waals surface area contributed by atoms with Gasteiger partial charge in [-0.05, 0) is 38.1 Å². The monoisotopic (exact) mass is 328 g/mol. The molecular formula is C13H17BrN2O3. The molecular weight excluding hydrogens is 312 g/mol. The number of hydrogen-bond acceptors (Lipinski definition) is 2. The zero-order valence-electron chi connectivity index (χ0n) is 10.9. The van der Waals surface area contributed by atoms with E-state index >= 15 is 0 Å². The normalized spacial score (nSPS) is 10.3. The first-order valence-electron chi connectivity index (χ1n) is 5.95. The van der Waals surface area contributed by atoms with Crippen molar-refractivity contribution in [2.45, 2.75) is 26.3 Å². The number of halogens is 1. The third-order valence-electron chi connectivity index (χ3n) is 2.55. The Balaban J connectivity index is 2.66. The molecule has 0 aliphatic heterocycles. The molecule has 0 spiro atoms.